The molecule has 0 spiro atoms. The van der Waals surface area contributed by atoms with Crippen molar-refractivity contribution in [3.63, 3.8) is 0 Å². The van der Waals surface area contributed by atoms with Crippen LogP contribution in [0.3, 0.4) is 0 Å². The van der Waals surface area contributed by atoms with Crippen molar-refractivity contribution in [1.29, 1.82) is 0 Å². The smallest absolute Gasteiger partial charge is 0.323 e. The summed E-state index contributed by atoms with van der Waals surface area (Å²) in [5, 5.41) is 9.64. The van der Waals surface area contributed by atoms with E-state index in [4.69, 9.17) is 4.74 Å². The van der Waals surface area contributed by atoms with Gasteiger partial charge in [0.2, 0.25) is 5.91 Å². The van der Waals surface area contributed by atoms with Crippen LogP contribution in [0.15, 0.2) is 48.8 Å². The summed E-state index contributed by atoms with van der Waals surface area (Å²) in [5.74, 6) is 0.801. The van der Waals surface area contributed by atoms with Crippen molar-refractivity contribution in [3.05, 3.63) is 54.4 Å². The molecular weight excluding hydrogens is 408 g/mol. The molecule has 166 valence electrons. The van der Waals surface area contributed by atoms with Gasteiger partial charge in [0.25, 0.3) is 0 Å². The molecule has 1 atom stereocenters. The standard InChI is InChI=1S/C23H26N6O3/c1-29(23(31)25-13-15-7-4-3-5-8-15)21-16-11-19(28-22(30)17-9-6-10-24-17)20(32-2)12-18(16)26-14-27-21/h3-5,7-8,11-12,14,17,24H,6,9-10,13H2,1-2H3,(H,25,31)(H,28,30). The van der Waals surface area contributed by atoms with Crippen molar-refractivity contribution in [1.82, 2.24) is 20.6 Å². The molecule has 1 aliphatic rings. The van der Waals surface area contributed by atoms with Gasteiger partial charge in [-0.3, -0.25) is 9.69 Å². The number of carbonyl (C=O) groups excluding carboxylic acids is 2. The predicted octanol–water partition coefficient (Wildman–Crippen LogP) is 2.67. The van der Waals surface area contributed by atoms with E-state index in [2.05, 4.69) is 25.9 Å². The highest BCUT2D eigenvalue weighted by molar-refractivity contribution is 6.04. The highest BCUT2D eigenvalue weighted by Crippen LogP contribution is 2.33. The first-order chi connectivity index (χ1) is 15.6. The van der Waals surface area contributed by atoms with Crippen molar-refractivity contribution < 1.29 is 14.3 Å². The first-order valence-electron chi connectivity index (χ1n) is 10.5. The van der Waals surface area contributed by atoms with Crippen LogP contribution in [0.2, 0.25) is 0 Å². The summed E-state index contributed by atoms with van der Waals surface area (Å²) in [4.78, 5) is 35.5. The number of amides is 3. The Bertz CT molecular complexity index is 1120. The molecule has 0 saturated carbocycles. The molecule has 3 amide bonds. The zero-order valence-electron chi connectivity index (χ0n) is 18.1. The van der Waals surface area contributed by atoms with Crippen LogP contribution >= 0.6 is 0 Å². The lowest BCUT2D eigenvalue weighted by Crippen LogP contribution is -2.37. The second-order valence-corrected chi connectivity index (χ2v) is 7.61. The highest BCUT2D eigenvalue weighted by Gasteiger charge is 2.24. The van der Waals surface area contributed by atoms with Gasteiger partial charge in [-0.2, -0.15) is 0 Å². The number of rotatable bonds is 6. The predicted molar refractivity (Wildman–Crippen MR) is 123 cm³/mol. The normalized spacial score (nSPS) is 15.4. The SMILES string of the molecule is COc1cc2ncnc(N(C)C(=O)NCc3ccccc3)c2cc1NC(=O)C1CCCN1. The second-order valence-electron chi connectivity index (χ2n) is 7.61. The van der Waals surface area contributed by atoms with E-state index < -0.39 is 0 Å². The number of hydrogen-bond donors (Lipinski definition) is 3. The third kappa shape index (κ3) is 4.62. The number of fused-ring (bicyclic) bond motifs is 1. The number of urea groups is 1. The van der Waals surface area contributed by atoms with Gasteiger partial charge < -0.3 is 20.7 Å². The Morgan fingerprint density at radius 3 is 2.75 bits per heavy atom. The van der Waals surface area contributed by atoms with Gasteiger partial charge in [0.1, 0.15) is 17.9 Å². The summed E-state index contributed by atoms with van der Waals surface area (Å²) in [5.41, 5.74) is 2.11. The highest BCUT2D eigenvalue weighted by atomic mass is 16.5. The molecule has 0 aliphatic carbocycles. The summed E-state index contributed by atoms with van der Waals surface area (Å²) >= 11 is 0. The van der Waals surface area contributed by atoms with Crippen LogP contribution in [0.1, 0.15) is 18.4 Å². The van der Waals surface area contributed by atoms with E-state index in [1.54, 1.807) is 19.2 Å². The molecule has 1 saturated heterocycles. The van der Waals surface area contributed by atoms with Gasteiger partial charge in [-0.25, -0.2) is 14.8 Å². The van der Waals surface area contributed by atoms with E-state index in [-0.39, 0.29) is 18.0 Å². The van der Waals surface area contributed by atoms with E-state index >= 15 is 0 Å². The summed E-state index contributed by atoms with van der Waals surface area (Å²) in [6.45, 7) is 1.23. The van der Waals surface area contributed by atoms with Gasteiger partial charge in [0.15, 0.2) is 0 Å². The Labute approximate surface area is 186 Å². The summed E-state index contributed by atoms with van der Waals surface area (Å²) in [6.07, 6.45) is 3.16. The molecule has 4 rings (SSSR count). The second kappa shape index (κ2) is 9.61. The minimum atomic E-state index is -0.301. The van der Waals surface area contributed by atoms with Crippen LogP contribution in [0.25, 0.3) is 10.9 Å². The Kier molecular flexibility index (Phi) is 6.46. The molecule has 2 aromatic carbocycles. The van der Waals surface area contributed by atoms with Crippen LogP contribution < -0.4 is 25.6 Å². The third-order valence-electron chi connectivity index (χ3n) is 5.48. The fourth-order valence-electron chi connectivity index (χ4n) is 3.72. The quantitative estimate of drug-likeness (QED) is 0.551. The zero-order chi connectivity index (χ0) is 22.5. The zero-order valence-corrected chi connectivity index (χ0v) is 18.1. The van der Waals surface area contributed by atoms with Gasteiger partial charge in [-0.1, -0.05) is 30.3 Å². The Morgan fingerprint density at radius 1 is 1.22 bits per heavy atom. The average molecular weight is 435 g/mol. The fraction of sp³-hybridized carbons (Fsp3) is 0.304. The van der Waals surface area contributed by atoms with Gasteiger partial charge in [0.05, 0.1) is 24.4 Å². The molecular formula is C23H26N6O3. The first kappa shape index (κ1) is 21.5. The lowest BCUT2D eigenvalue weighted by atomic mass is 10.1. The van der Waals surface area contributed by atoms with Crippen molar-refractivity contribution in [3.8, 4) is 5.75 Å². The van der Waals surface area contributed by atoms with Gasteiger partial charge in [0, 0.05) is 25.0 Å². The van der Waals surface area contributed by atoms with E-state index in [1.807, 2.05) is 30.3 Å². The monoisotopic (exact) mass is 434 g/mol. The molecule has 32 heavy (non-hydrogen) atoms. The molecule has 3 aromatic rings. The molecule has 9 nitrogen and oxygen atoms in total. The number of nitrogens with one attached hydrogen (secondary N) is 3. The van der Waals surface area contributed by atoms with Crippen molar-refractivity contribution in [2.24, 2.45) is 0 Å². The molecule has 1 unspecified atom stereocenters. The minimum Gasteiger partial charge on any atom is -0.494 e. The van der Waals surface area contributed by atoms with Crippen LogP contribution in [0.4, 0.5) is 16.3 Å². The number of carbonyl (C=O) groups is 2. The fourth-order valence-corrected chi connectivity index (χ4v) is 3.72. The van der Waals surface area contributed by atoms with Crippen molar-refractivity contribution >= 4 is 34.3 Å². The van der Waals surface area contributed by atoms with E-state index in [1.165, 1.54) is 18.3 Å². The van der Waals surface area contributed by atoms with Crippen LogP contribution in [-0.2, 0) is 11.3 Å². The summed E-state index contributed by atoms with van der Waals surface area (Å²) in [7, 11) is 3.18. The molecule has 0 bridgehead atoms. The Balaban J connectivity index is 1.59. The maximum Gasteiger partial charge on any atom is 0.323 e. The summed E-state index contributed by atoms with van der Waals surface area (Å²) < 4.78 is 5.46. The van der Waals surface area contributed by atoms with Crippen LogP contribution in [-0.4, -0.2) is 48.7 Å². The number of nitrogens with zero attached hydrogens (tertiary/aromatic N) is 3. The number of benzene rings is 2. The number of ether oxygens (including phenoxy) is 1. The van der Waals surface area contributed by atoms with Gasteiger partial charge >= 0.3 is 6.03 Å². The van der Waals surface area contributed by atoms with Crippen LogP contribution in [0, 0.1) is 0 Å². The molecule has 9 heteroatoms. The number of anilines is 2. The largest absolute Gasteiger partial charge is 0.494 e. The van der Waals surface area contributed by atoms with Crippen LogP contribution in [0.5, 0.6) is 5.75 Å². The number of hydrogen-bond acceptors (Lipinski definition) is 6. The molecule has 0 radical (unpaired) electrons. The first-order valence-corrected chi connectivity index (χ1v) is 10.5. The van der Waals surface area contributed by atoms with Crippen molar-refractivity contribution in [2.75, 3.05) is 30.9 Å². The lowest BCUT2D eigenvalue weighted by Gasteiger charge is -2.20. The molecule has 1 aromatic heterocycles. The lowest BCUT2D eigenvalue weighted by molar-refractivity contribution is -0.117. The van der Waals surface area contributed by atoms with Crippen molar-refractivity contribution in [2.45, 2.75) is 25.4 Å². The van der Waals surface area contributed by atoms with Gasteiger partial charge in [-0.15, -0.1) is 0 Å². The molecule has 1 aliphatic heterocycles. The number of aromatic nitrogens is 2. The Hall–Kier alpha value is -3.72. The van der Waals surface area contributed by atoms with Gasteiger partial charge in [-0.05, 0) is 31.0 Å². The third-order valence-corrected chi connectivity index (χ3v) is 5.48. The molecule has 1 fully saturated rings. The van der Waals surface area contributed by atoms with E-state index in [0.717, 1.165) is 24.9 Å². The van der Waals surface area contributed by atoms with E-state index in [0.29, 0.717) is 34.7 Å². The molecule has 3 N–H and O–H groups in total. The maximum atomic E-state index is 12.8. The minimum absolute atomic E-state index is 0.118. The van der Waals surface area contributed by atoms with E-state index in [9.17, 15) is 9.59 Å². The summed E-state index contributed by atoms with van der Waals surface area (Å²) in [6, 6.07) is 12.6. The molecule has 2 heterocycles. The Morgan fingerprint density at radius 2 is 2.03 bits per heavy atom. The topological polar surface area (TPSA) is 108 Å². The average Bonchev–Trinajstić information content (AvgIpc) is 3.37. The number of methoxy groups -OCH3 is 1. The maximum absolute atomic E-state index is 12.8.